The van der Waals surface area contributed by atoms with Gasteiger partial charge >= 0.3 is 0 Å². The molecule has 30 heavy (non-hydrogen) atoms. The Bertz CT molecular complexity index is 1210. The number of thiophene rings is 1. The summed E-state index contributed by atoms with van der Waals surface area (Å²) in [4.78, 5) is 18.1. The Hall–Kier alpha value is -3.23. The van der Waals surface area contributed by atoms with Crippen LogP contribution < -0.4 is 16.4 Å². The highest BCUT2D eigenvalue weighted by Gasteiger charge is 2.17. The molecule has 7 nitrogen and oxygen atoms in total. The van der Waals surface area contributed by atoms with Gasteiger partial charge in [0.2, 0.25) is 0 Å². The second-order valence-corrected chi connectivity index (χ2v) is 8.31. The standard InChI is InChI=1S/C22H22N6OS/c23-19-16-2-1-8-26-22(16)30-20(19)21(29)25-9-7-14-3-5-15(6-4-14)17-12-27-28-11-10-24-13-18(17)28/h1-6,8,12,24H,7,9-11,13,23H2,(H,25,29). The van der Waals surface area contributed by atoms with Crippen molar-refractivity contribution in [2.75, 3.05) is 18.8 Å². The number of aromatic nitrogens is 3. The molecular weight excluding hydrogens is 396 g/mol. The van der Waals surface area contributed by atoms with E-state index < -0.39 is 0 Å². The number of nitrogens with one attached hydrogen (secondary N) is 2. The molecule has 5 rings (SSSR count). The number of rotatable bonds is 5. The fourth-order valence-corrected chi connectivity index (χ4v) is 4.77. The quantitative estimate of drug-likeness (QED) is 0.463. The van der Waals surface area contributed by atoms with Crippen LogP contribution in [0, 0.1) is 0 Å². The predicted molar refractivity (Wildman–Crippen MR) is 119 cm³/mol. The first-order valence-electron chi connectivity index (χ1n) is 9.96. The van der Waals surface area contributed by atoms with Gasteiger partial charge in [-0.1, -0.05) is 24.3 Å². The lowest BCUT2D eigenvalue weighted by atomic mass is 10.0. The van der Waals surface area contributed by atoms with Crippen molar-refractivity contribution < 1.29 is 4.79 Å². The molecule has 0 fully saturated rings. The van der Waals surface area contributed by atoms with Gasteiger partial charge in [-0.3, -0.25) is 9.48 Å². The molecule has 4 N–H and O–H groups in total. The van der Waals surface area contributed by atoms with Crippen LogP contribution in [0.2, 0.25) is 0 Å². The summed E-state index contributed by atoms with van der Waals surface area (Å²) in [7, 11) is 0. The van der Waals surface area contributed by atoms with Crippen molar-refractivity contribution >= 4 is 33.1 Å². The number of carbonyl (C=O) groups excluding carboxylic acids is 1. The Morgan fingerprint density at radius 3 is 2.97 bits per heavy atom. The van der Waals surface area contributed by atoms with Crippen LogP contribution in [0.5, 0.6) is 0 Å². The van der Waals surface area contributed by atoms with Crippen LogP contribution in [0.25, 0.3) is 21.3 Å². The van der Waals surface area contributed by atoms with Crippen LogP contribution in [0.4, 0.5) is 5.69 Å². The largest absolute Gasteiger partial charge is 0.397 e. The van der Waals surface area contributed by atoms with Gasteiger partial charge < -0.3 is 16.4 Å². The van der Waals surface area contributed by atoms with Crippen LogP contribution in [-0.2, 0) is 19.5 Å². The number of nitrogens with two attached hydrogens (primary N) is 1. The minimum Gasteiger partial charge on any atom is -0.397 e. The molecule has 1 aromatic carbocycles. The molecule has 0 aliphatic carbocycles. The monoisotopic (exact) mass is 418 g/mol. The second kappa shape index (κ2) is 7.89. The van der Waals surface area contributed by atoms with Crippen LogP contribution in [-0.4, -0.2) is 33.8 Å². The maximum atomic E-state index is 12.5. The van der Waals surface area contributed by atoms with Gasteiger partial charge in [-0.15, -0.1) is 11.3 Å². The highest BCUT2D eigenvalue weighted by Crippen LogP contribution is 2.31. The molecule has 1 aliphatic rings. The van der Waals surface area contributed by atoms with Crippen LogP contribution in [0.15, 0.2) is 48.8 Å². The first-order valence-corrected chi connectivity index (χ1v) is 10.8. The number of fused-ring (bicyclic) bond motifs is 2. The fourth-order valence-electron chi connectivity index (χ4n) is 3.79. The van der Waals surface area contributed by atoms with Crippen LogP contribution in [0.1, 0.15) is 20.9 Å². The molecule has 0 spiro atoms. The minimum absolute atomic E-state index is 0.147. The van der Waals surface area contributed by atoms with Gasteiger partial charge in [0.25, 0.3) is 5.91 Å². The smallest absolute Gasteiger partial charge is 0.263 e. The summed E-state index contributed by atoms with van der Waals surface area (Å²) in [6, 6.07) is 12.2. The highest BCUT2D eigenvalue weighted by atomic mass is 32.1. The maximum Gasteiger partial charge on any atom is 0.263 e. The summed E-state index contributed by atoms with van der Waals surface area (Å²) in [6.45, 7) is 3.27. The molecule has 8 heteroatoms. The summed E-state index contributed by atoms with van der Waals surface area (Å²) in [5.74, 6) is -0.147. The molecule has 4 heterocycles. The van der Waals surface area contributed by atoms with Crippen molar-refractivity contribution in [3.05, 3.63) is 64.9 Å². The van der Waals surface area contributed by atoms with Gasteiger partial charge in [0.15, 0.2) is 0 Å². The predicted octanol–water partition coefficient (Wildman–Crippen LogP) is 2.82. The number of carbonyl (C=O) groups is 1. The Morgan fingerprint density at radius 2 is 2.13 bits per heavy atom. The van der Waals surface area contributed by atoms with Crippen molar-refractivity contribution in [2.24, 2.45) is 0 Å². The summed E-state index contributed by atoms with van der Waals surface area (Å²) in [5.41, 5.74) is 11.4. The lowest BCUT2D eigenvalue weighted by Crippen LogP contribution is -2.28. The van der Waals surface area contributed by atoms with E-state index in [1.165, 1.54) is 33.7 Å². The van der Waals surface area contributed by atoms with Crippen molar-refractivity contribution in [3.63, 3.8) is 0 Å². The number of pyridine rings is 1. The Labute approximate surface area is 177 Å². The Morgan fingerprint density at radius 1 is 1.27 bits per heavy atom. The molecular formula is C22H22N6OS. The first-order chi connectivity index (χ1) is 14.7. The summed E-state index contributed by atoms with van der Waals surface area (Å²) in [5, 5.41) is 11.7. The molecule has 0 bridgehead atoms. The molecule has 0 radical (unpaired) electrons. The van der Waals surface area contributed by atoms with Gasteiger partial charge in [0, 0.05) is 36.8 Å². The Kier molecular flexibility index (Phi) is 4.94. The van der Waals surface area contributed by atoms with Gasteiger partial charge in [-0.2, -0.15) is 5.10 Å². The third kappa shape index (κ3) is 3.44. The summed E-state index contributed by atoms with van der Waals surface area (Å²) in [6.07, 6.45) is 4.41. The van der Waals surface area contributed by atoms with Crippen LogP contribution in [0.3, 0.4) is 0 Å². The summed E-state index contributed by atoms with van der Waals surface area (Å²) < 4.78 is 2.07. The van der Waals surface area contributed by atoms with E-state index in [0.29, 0.717) is 17.1 Å². The number of nitrogen functional groups attached to an aromatic ring is 1. The zero-order chi connectivity index (χ0) is 20.5. The van der Waals surface area contributed by atoms with Crippen molar-refractivity contribution in [3.8, 4) is 11.1 Å². The van der Waals surface area contributed by atoms with E-state index in [-0.39, 0.29) is 5.91 Å². The second-order valence-electron chi connectivity index (χ2n) is 7.31. The molecule has 0 unspecified atom stereocenters. The van der Waals surface area contributed by atoms with Crippen molar-refractivity contribution in [1.29, 1.82) is 0 Å². The molecule has 3 aromatic heterocycles. The van der Waals surface area contributed by atoms with Gasteiger partial charge in [-0.25, -0.2) is 4.98 Å². The number of anilines is 1. The number of benzene rings is 1. The van der Waals surface area contributed by atoms with E-state index in [1.807, 2.05) is 18.3 Å². The third-order valence-corrected chi connectivity index (χ3v) is 6.54. The maximum absolute atomic E-state index is 12.5. The number of nitrogens with zero attached hydrogens (tertiary/aromatic N) is 3. The first kappa shape index (κ1) is 18.8. The third-order valence-electron chi connectivity index (χ3n) is 5.42. The summed E-state index contributed by atoms with van der Waals surface area (Å²) >= 11 is 1.33. The SMILES string of the molecule is Nc1c(C(=O)NCCc2ccc(-c3cnn4c3CNCC4)cc2)sc2ncccc12. The lowest BCUT2D eigenvalue weighted by Gasteiger charge is -2.16. The number of amides is 1. The molecule has 0 saturated heterocycles. The molecule has 0 saturated carbocycles. The molecule has 1 amide bonds. The molecule has 0 atom stereocenters. The number of hydrogen-bond donors (Lipinski definition) is 3. The zero-order valence-electron chi connectivity index (χ0n) is 16.4. The van der Waals surface area contributed by atoms with Crippen LogP contribution >= 0.6 is 11.3 Å². The van der Waals surface area contributed by atoms with Crippen molar-refractivity contribution in [2.45, 2.75) is 19.5 Å². The lowest BCUT2D eigenvalue weighted by molar-refractivity contribution is 0.0959. The minimum atomic E-state index is -0.147. The number of hydrogen-bond acceptors (Lipinski definition) is 6. The molecule has 152 valence electrons. The average molecular weight is 419 g/mol. The topological polar surface area (TPSA) is 97.9 Å². The van der Waals surface area contributed by atoms with Gasteiger partial charge in [0.05, 0.1) is 24.1 Å². The van der Waals surface area contributed by atoms with Gasteiger partial charge in [0.1, 0.15) is 9.71 Å². The normalized spacial score (nSPS) is 13.3. The highest BCUT2D eigenvalue weighted by molar-refractivity contribution is 7.21. The van der Waals surface area contributed by atoms with E-state index in [2.05, 4.69) is 49.7 Å². The molecule has 1 aliphatic heterocycles. The van der Waals surface area contributed by atoms with E-state index in [9.17, 15) is 4.79 Å². The van der Waals surface area contributed by atoms with Gasteiger partial charge in [-0.05, 0) is 29.7 Å². The fraction of sp³-hybridized carbons (Fsp3) is 0.227. The Balaban J connectivity index is 1.22. The van der Waals surface area contributed by atoms with E-state index in [1.54, 1.807) is 6.20 Å². The zero-order valence-corrected chi connectivity index (χ0v) is 17.2. The van der Waals surface area contributed by atoms with E-state index in [0.717, 1.165) is 36.3 Å². The van der Waals surface area contributed by atoms with E-state index in [4.69, 9.17) is 5.73 Å². The molecule has 4 aromatic rings. The average Bonchev–Trinajstić information content (AvgIpc) is 3.36. The van der Waals surface area contributed by atoms with E-state index >= 15 is 0 Å². The van der Waals surface area contributed by atoms with Crippen molar-refractivity contribution in [1.82, 2.24) is 25.4 Å².